The van der Waals surface area contributed by atoms with Crippen LogP contribution < -0.4 is 16.4 Å². The van der Waals surface area contributed by atoms with E-state index in [-0.39, 0.29) is 11.8 Å². The topological polar surface area (TPSA) is 84.2 Å². The van der Waals surface area contributed by atoms with Crippen molar-refractivity contribution in [2.75, 3.05) is 6.54 Å². The summed E-state index contributed by atoms with van der Waals surface area (Å²) >= 11 is 0. The first-order valence-electron chi connectivity index (χ1n) is 7.89. The standard InChI is InChI=1S/C16H31N3O2/c1-13(2)12-15(17)16(21)19-11-9-7-5-4-6-8-10-18-14(3)20/h9,11,13,15H,4-8,10,12,17H2,1-3H3,(H,18,20)(H,19,21)/b11-9+/t15-/m0/s1. The summed E-state index contributed by atoms with van der Waals surface area (Å²) in [5.41, 5.74) is 5.77. The highest BCUT2D eigenvalue weighted by molar-refractivity contribution is 5.82. The third-order valence-electron chi connectivity index (χ3n) is 3.08. The van der Waals surface area contributed by atoms with E-state index >= 15 is 0 Å². The van der Waals surface area contributed by atoms with Crippen molar-refractivity contribution in [1.29, 1.82) is 0 Å². The average molecular weight is 297 g/mol. The van der Waals surface area contributed by atoms with E-state index in [1.807, 2.05) is 6.08 Å². The van der Waals surface area contributed by atoms with E-state index in [0.29, 0.717) is 12.3 Å². The first-order chi connectivity index (χ1) is 9.93. The summed E-state index contributed by atoms with van der Waals surface area (Å²) in [6.07, 6.45) is 9.65. The van der Waals surface area contributed by atoms with Crippen molar-refractivity contribution in [1.82, 2.24) is 10.6 Å². The molecule has 0 aromatic carbocycles. The normalized spacial score (nSPS) is 12.6. The van der Waals surface area contributed by atoms with Crippen molar-refractivity contribution >= 4 is 11.8 Å². The van der Waals surface area contributed by atoms with Crippen molar-refractivity contribution in [2.24, 2.45) is 11.7 Å². The molecule has 5 nitrogen and oxygen atoms in total. The van der Waals surface area contributed by atoms with Crippen LogP contribution in [0.2, 0.25) is 0 Å². The van der Waals surface area contributed by atoms with Gasteiger partial charge in [0.15, 0.2) is 0 Å². The van der Waals surface area contributed by atoms with Gasteiger partial charge < -0.3 is 16.4 Å². The quantitative estimate of drug-likeness (QED) is 0.510. The number of carbonyl (C=O) groups is 2. The van der Waals surface area contributed by atoms with Gasteiger partial charge in [0.05, 0.1) is 6.04 Å². The fraction of sp³-hybridized carbons (Fsp3) is 0.750. The Kier molecular flexibility index (Phi) is 11.6. The first kappa shape index (κ1) is 19.6. The second kappa shape index (κ2) is 12.4. The van der Waals surface area contributed by atoms with Crippen LogP contribution >= 0.6 is 0 Å². The zero-order valence-corrected chi connectivity index (χ0v) is 13.7. The fourth-order valence-corrected chi connectivity index (χ4v) is 1.95. The van der Waals surface area contributed by atoms with Gasteiger partial charge in [-0.25, -0.2) is 0 Å². The monoisotopic (exact) mass is 297 g/mol. The second-order valence-corrected chi connectivity index (χ2v) is 5.83. The Morgan fingerprint density at radius 1 is 1.14 bits per heavy atom. The van der Waals surface area contributed by atoms with Crippen LogP contribution in [-0.2, 0) is 9.59 Å². The Labute approximate surface area is 128 Å². The number of unbranched alkanes of at least 4 members (excludes halogenated alkanes) is 4. The van der Waals surface area contributed by atoms with Gasteiger partial charge in [0.2, 0.25) is 11.8 Å². The molecule has 0 saturated heterocycles. The van der Waals surface area contributed by atoms with Crippen molar-refractivity contribution in [3.8, 4) is 0 Å². The predicted molar refractivity (Wildman–Crippen MR) is 86.5 cm³/mol. The van der Waals surface area contributed by atoms with Gasteiger partial charge in [-0.1, -0.05) is 32.8 Å². The van der Waals surface area contributed by atoms with Crippen molar-refractivity contribution < 1.29 is 9.59 Å². The van der Waals surface area contributed by atoms with Gasteiger partial charge in [0.1, 0.15) is 0 Å². The number of rotatable bonds is 11. The highest BCUT2D eigenvalue weighted by Crippen LogP contribution is 2.04. The molecule has 122 valence electrons. The van der Waals surface area contributed by atoms with Crippen molar-refractivity contribution in [2.45, 2.75) is 65.3 Å². The SMILES string of the molecule is CC(=O)NCCCCCC/C=C/NC(=O)[C@@H](N)CC(C)C. The van der Waals surface area contributed by atoms with Crippen LogP contribution in [0.3, 0.4) is 0 Å². The Morgan fingerprint density at radius 2 is 1.81 bits per heavy atom. The lowest BCUT2D eigenvalue weighted by Crippen LogP contribution is -2.39. The third-order valence-corrected chi connectivity index (χ3v) is 3.08. The van der Waals surface area contributed by atoms with Gasteiger partial charge in [-0.3, -0.25) is 9.59 Å². The summed E-state index contributed by atoms with van der Waals surface area (Å²) < 4.78 is 0. The Balaban J connectivity index is 3.48. The first-order valence-corrected chi connectivity index (χ1v) is 7.89. The molecule has 21 heavy (non-hydrogen) atoms. The van der Waals surface area contributed by atoms with Crippen LogP contribution in [-0.4, -0.2) is 24.4 Å². The van der Waals surface area contributed by atoms with Crippen molar-refractivity contribution in [3.05, 3.63) is 12.3 Å². The maximum absolute atomic E-state index is 11.6. The smallest absolute Gasteiger partial charge is 0.240 e. The minimum Gasteiger partial charge on any atom is -0.356 e. The molecule has 0 rings (SSSR count). The molecule has 0 aliphatic heterocycles. The van der Waals surface area contributed by atoms with Crippen LogP contribution in [0, 0.1) is 5.92 Å². The Hall–Kier alpha value is -1.36. The maximum Gasteiger partial charge on any atom is 0.240 e. The fourth-order valence-electron chi connectivity index (χ4n) is 1.95. The number of hydrogen-bond acceptors (Lipinski definition) is 3. The molecule has 0 aromatic rings. The van der Waals surface area contributed by atoms with E-state index in [9.17, 15) is 9.59 Å². The lowest BCUT2D eigenvalue weighted by molar-refractivity contribution is -0.121. The lowest BCUT2D eigenvalue weighted by atomic mass is 10.0. The number of hydrogen-bond donors (Lipinski definition) is 3. The molecule has 0 saturated carbocycles. The van der Waals surface area contributed by atoms with Gasteiger partial charge in [0.25, 0.3) is 0 Å². The van der Waals surface area contributed by atoms with Gasteiger partial charge in [0, 0.05) is 13.5 Å². The van der Waals surface area contributed by atoms with E-state index in [2.05, 4.69) is 24.5 Å². The molecule has 0 spiro atoms. The van der Waals surface area contributed by atoms with Gasteiger partial charge in [-0.15, -0.1) is 0 Å². The number of amides is 2. The predicted octanol–water partition coefficient (Wildman–Crippen LogP) is 2.08. The summed E-state index contributed by atoms with van der Waals surface area (Å²) in [6.45, 7) is 6.39. The summed E-state index contributed by atoms with van der Waals surface area (Å²) in [6, 6.07) is -0.427. The van der Waals surface area contributed by atoms with Crippen LogP contribution in [0.1, 0.15) is 59.3 Å². The molecule has 0 unspecified atom stereocenters. The lowest BCUT2D eigenvalue weighted by Gasteiger charge is -2.12. The van der Waals surface area contributed by atoms with Crippen LogP contribution in [0.15, 0.2) is 12.3 Å². The molecule has 4 N–H and O–H groups in total. The van der Waals surface area contributed by atoms with E-state index < -0.39 is 6.04 Å². The molecule has 5 heteroatoms. The van der Waals surface area contributed by atoms with Gasteiger partial charge in [-0.05, 0) is 37.8 Å². The van der Waals surface area contributed by atoms with Crippen LogP contribution in [0.5, 0.6) is 0 Å². The zero-order valence-electron chi connectivity index (χ0n) is 13.7. The summed E-state index contributed by atoms with van der Waals surface area (Å²) in [5.74, 6) is 0.340. The molecule has 0 fully saturated rings. The third kappa shape index (κ3) is 13.4. The summed E-state index contributed by atoms with van der Waals surface area (Å²) in [7, 11) is 0. The molecular weight excluding hydrogens is 266 g/mol. The molecule has 1 atom stereocenters. The van der Waals surface area contributed by atoms with E-state index in [1.54, 1.807) is 6.20 Å². The minimum absolute atomic E-state index is 0.0318. The molecule has 0 aromatic heterocycles. The Morgan fingerprint density at radius 3 is 2.43 bits per heavy atom. The van der Waals surface area contributed by atoms with E-state index in [4.69, 9.17) is 5.73 Å². The second-order valence-electron chi connectivity index (χ2n) is 5.83. The van der Waals surface area contributed by atoms with Crippen LogP contribution in [0.25, 0.3) is 0 Å². The molecule has 0 heterocycles. The largest absolute Gasteiger partial charge is 0.356 e. The van der Waals surface area contributed by atoms with E-state index in [1.165, 1.54) is 6.92 Å². The molecule has 0 aliphatic rings. The van der Waals surface area contributed by atoms with E-state index in [0.717, 1.165) is 38.6 Å². The molecular formula is C16H31N3O2. The number of nitrogens with two attached hydrogens (primary N) is 1. The molecule has 0 aliphatic carbocycles. The minimum atomic E-state index is -0.427. The maximum atomic E-state index is 11.6. The van der Waals surface area contributed by atoms with Crippen LogP contribution in [0.4, 0.5) is 0 Å². The molecule has 2 amide bonds. The molecule has 0 bridgehead atoms. The highest BCUT2D eigenvalue weighted by Gasteiger charge is 2.12. The van der Waals surface area contributed by atoms with Gasteiger partial charge >= 0.3 is 0 Å². The highest BCUT2D eigenvalue weighted by atomic mass is 16.2. The van der Waals surface area contributed by atoms with Gasteiger partial charge in [-0.2, -0.15) is 0 Å². The summed E-state index contributed by atoms with van der Waals surface area (Å²) in [4.78, 5) is 22.3. The van der Waals surface area contributed by atoms with Crippen molar-refractivity contribution in [3.63, 3.8) is 0 Å². The zero-order chi connectivity index (χ0) is 16.1. The number of allylic oxidation sites excluding steroid dienone is 1. The Bertz CT molecular complexity index is 327. The number of carbonyl (C=O) groups excluding carboxylic acids is 2. The summed E-state index contributed by atoms with van der Waals surface area (Å²) in [5, 5.41) is 5.50. The molecule has 0 radical (unpaired) electrons. The number of nitrogens with one attached hydrogen (secondary N) is 2. The average Bonchev–Trinajstić information content (AvgIpc) is 2.39.